The number of amides is 1. The zero-order valence-corrected chi connectivity index (χ0v) is 21.9. The lowest BCUT2D eigenvalue weighted by atomic mass is 9.76. The summed E-state index contributed by atoms with van der Waals surface area (Å²) < 4.78 is 51.4. The highest BCUT2D eigenvalue weighted by Crippen LogP contribution is 2.41. The van der Waals surface area contributed by atoms with E-state index in [-0.39, 0.29) is 28.4 Å². The Morgan fingerprint density at radius 1 is 1.22 bits per heavy atom. The summed E-state index contributed by atoms with van der Waals surface area (Å²) in [5.74, 6) is 3.63. The van der Waals surface area contributed by atoms with Crippen LogP contribution in [0.3, 0.4) is 0 Å². The highest BCUT2D eigenvalue weighted by Gasteiger charge is 2.41. The number of carbonyl (C=O) groups excluding carboxylic acids is 1. The molecule has 1 amide bonds. The summed E-state index contributed by atoms with van der Waals surface area (Å²) in [7, 11) is -6.91. The van der Waals surface area contributed by atoms with Crippen LogP contribution in [0.1, 0.15) is 66.5 Å². The third-order valence-corrected chi connectivity index (χ3v) is 11.4. The van der Waals surface area contributed by atoms with Crippen molar-refractivity contribution in [2.24, 2.45) is 5.41 Å². The molecular weight excluding hydrogens is 504 g/mol. The van der Waals surface area contributed by atoms with Gasteiger partial charge in [0.1, 0.15) is 6.07 Å². The van der Waals surface area contributed by atoms with Crippen LogP contribution in [0.15, 0.2) is 30.5 Å². The number of rotatable bonds is 4. The van der Waals surface area contributed by atoms with E-state index in [1.54, 1.807) is 18.2 Å². The number of sulfonamides is 2. The predicted octanol–water partition coefficient (Wildman–Crippen LogP) is 2.00. The van der Waals surface area contributed by atoms with E-state index in [1.165, 1.54) is 6.20 Å². The summed E-state index contributed by atoms with van der Waals surface area (Å²) in [5, 5.41) is 11.9. The summed E-state index contributed by atoms with van der Waals surface area (Å²) in [4.78, 5) is 16.9. The molecule has 4 rings (SSSR count). The van der Waals surface area contributed by atoms with E-state index in [0.29, 0.717) is 20.5 Å². The van der Waals surface area contributed by atoms with Crippen LogP contribution < -0.4 is 11.2 Å². The normalized spacial score (nSPS) is 21.3. The number of nitriles is 1. The number of aromatic nitrogens is 2. The van der Waals surface area contributed by atoms with E-state index in [4.69, 9.17) is 11.1 Å². The maximum atomic E-state index is 12.9. The fourth-order valence-corrected chi connectivity index (χ4v) is 8.39. The molecule has 11 nitrogen and oxygen atoms in total. The van der Waals surface area contributed by atoms with E-state index in [1.807, 2.05) is 6.07 Å². The van der Waals surface area contributed by atoms with E-state index >= 15 is 0 Å². The number of anilines is 1. The second-order valence-electron chi connectivity index (χ2n) is 9.94. The molecule has 1 aromatic heterocycles. The average molecular weight is 533 g/mol. The third-order valence-electron chi connectivity index (χ3n) is 6.80. The summed E-state index contributed by atoms with van der Waals surface area (Å²) in [6.45, 7) is 4.34. The van der Waals surface area contributed by atoms with E-state index in [0.717, 1.165) is 36.6 Å². The molecule has 1 aliphatic carbocycles. The van der Waals surface area contributed by atoms with Crippen LogP contribution in [-0.2, 0) is 20.0 Å². The van der Waals surface area contributed by atoms with Crippen molar-refractivity contribution in [1.82, 2.24) is 13.4 Å². The lowest BCUT2D eigenvalue weighted by Crippen LogP contribution is -2.45. The molecule has 0 unspecified atom stereocenters. The Kier molecular flexibility index (Phi) is 6.48. The molecule has 1 aromatic carbocycles. The highest BCUT2D eigenvalue weighted by molar-refractivity contribution is 8.04. The highest BCUT2D eigenvalue weighted by atomic mass is 32.3. The third kappa shape index (κ3) is 4.88. The minimum Gasteiger partial charge on any atom is -0.336 e. The zero-order valence-electron chi connectivity index (χ0n) is 20.2. The van der Waals surface area contributed by atoms with Crippen LogP contribution >= 0.6 is 0 Å². The number of carbonyl (C=O) groups is 1. The number of hydrogen-bond acceptors (Lipinski definition) is 8. The van der Waals surface area contributed by atoms with Crippen molar-refractivity contribution >= 4 is 37.2 Å². The van der Waals surface area contributed by atoms with Crippen LogP contribution in [-0.4, -0.2) is 54.7 Å². The fourth-order valence-electron chi connectivity index (χ4n) is 4.43. The Bertz CT molecular complexity index is 1480. The summed E-state index contributed by atoms with van der Waals surface area (Å²) in [5.41, 5.74) is 2.81. The molecule has 1 fully saturated rings. The van der Waals surface area contributed by atoms with Crippen LogP contribution in [0.5, 0.6) is 0 Å². The van der Waals surface area contributed by atoms with Gasteiger partial charge in [-0.3, -0.25) is 4.79 Å². The number of nitrogens with zero attached hydrogens (tertiary/aromatic N) is 4. The quantitative estimate of drug-likeness (QED) is 0.564. The van der Waals surface area contributed by atoms with E-state index in [9.17, 15) is 21.6 Å². The van der Waals surface area contributed by atoms with Gasteiger partial charge in [0.15, 0.2) is 5.69 Å². The molecular formula is C23H28N6O5S2. The van der Waals surface area contributed by atoms with Gasteiger partial charge in [-0.25, -0.2) is 26.5 Å². The largest absolute Gasteiger partial charge is 0.336 e. The zero-order chi connectivity index (χ0) is 26.5. The number of nitrogens with two attached hydrogens (primary N) is 1. The lowest BCUT2D eigenvalue weighted by Gasteiger charge is -2.31. The molecule has 0 saturated carbocycles. The fraction of sp³-hybridized carbons (Fsp3) is 0.435. The van der Waals surface area contributed by atoms with Gasteiger partial charge in [-0.15, -0.1) is 0 Å². The Morgan fingerprint density at radius 3 is 2.44 bits per heavy atom. The second kappa shape index (κ2) is 9.02. The number of imidazole rings is 1. The van der Waals surface area contributed by atoms with Crippen molar-refractivity contribution < 1.29 is 21.6 Å². The molecule has 192 valence electrons. The molecule has 36 heavy (non-hydrogen) atoms. The van der Waals surface area contributed by atoms with Crippen molar-refractivity contribution in [3.8, 4) is 6.07 Å². The molecule has 1 saturated heterocycles. The first kappa shape index (κ1) is 25.9. The van der Waals surface area contributed by atoms with Gasteiger partial charge in [-0.05, 0) is 47.9 Å². The van der Waals surface area contributed by atoms with E-state index < -0.39 is 31.9 Å². The molecule has 0 bridgehead atoms. The molecule has 0 spiro atoms. The van der Waals surface area contributed by atoms with Crippen molar-refractivity contribution in [3.05, 3.63) is 53.1 Å². The van der Waals surface area contributed by atoms with Gasteiger partial charge in [-0.1, -0.05) is 29.7 Å². The van der Waals surface area contributed by atoms with Crippen LogP contribution in [0, 0.1) is 16.7 Å². The lowest BCUT2D eigenvalue weighted by molar-refractivity contribution is 0.101. The molecule has 1 aliphatic heterocycles. The van der Waals surface area contributed by atoms with Crippen LogP contribution in [0.4, 0.5) is 5.69 Å². The number of nitrogens with one attached hydrogen (secondary N) is 1. The maximum Gasteiger partial charge on any atom is 0.293 e. The average Bonchev–Trinajstić information content (AvgIpc) is 3.18. The van der Waals surface area contributed by atoms with Crippen molar-refractivity contribution in [1.29, 1.82) is 5.26 Å². The van der Waals surface area contributed by atoms with Gasteiger partial charge < -0.3 is 11.2 Å². The summed E-state index contributed by atoms with van der Waals surface area (Å²) >= 11 is 0. The van der Waals surface area contributed by atoms with Gasteiger partial charge in [0.25, 0.3) is 5.91 Å². The molecule has 0 radical (unpaired) electrons. The topological polar surface area (TPSA) is 168 Å². The van der Waals surface area contributed by atoms with Gasteiger partial charge in [0, 0.05) is 24.2 Å². The number of allylic oxidation sites excluding steroid dienone is 2. The van der Waals surface area contributed by atoms with Gasteiger partial charge >= 0.3 is 0 Å². The summed E-state index contributed by atoms with van der Waals surface area (Å²) in [6, 6.07) is 6.87. The van der Waals surface area contributed by atoms with Crippen molar-refractivity contribution in [2.45, 2.75) is 39.0 Å². The molecule has 13 heteroatoms. The minimum atomic E-state index is -3.98. The Morgan fingerprint density at radius 2 is 1.89 bits per heavy atom. The van der Waals surface area contributed by atoms with Gasteiger partial charge in [0.05, 0.1) is 17.7 Å². The number of benzene rings is 1. The Balaban J connectivity index is 1.74. The van der Waals surface area contributed by atoms with Crippen molar-refractivity contribution in [2.75, 3.05) is 29.7 Å². The Hall–Kier alpha value is -3.21. The van der Waals surface area contributed by atoms with Crippen LogP contribution in [0.2, 0.25) is 0 Å². The van der Waals surface area contributed by atoms with Crippen molar-refractivity contribution in [3.63, 3.8) is 0 Å². The maximum absolute atomic E-state index is 12.9. The second-order valence-corrected chi connectivity index (χ2v) is 14.3. The van der Waals surface area contributed by atoms with E-state index in [2.05, 4.69) is 30.2 Å². The first-order valence-electron chi connectivity index (χ1n) is 11.3. The monoisotopic (exact) mass is 532 g/mol. The predicted molar refractivity (Wildman–Crippen MR) is 135 cm³/mol. The SMILES string of the molecule is CN1S(=O)(=O)CC(c2ccc(NC(=O)c3ncc(C#N)n3N)c(C3=CCC(C)(C)CC3)c2)CS1(=O)=O. The molecule has 2 heterocycles. The number of nitrogen functional groups attached to an aromatic ring is 1. The van der Waals surface area contributed by atoms with Crippen LogP contribution in [0.25, 0.3) is 5.57 Å². The standard InChI is InChI=1S/C23H28N6O5S2/c1-23(2)8-6-15(7-9-23)19-10-16(17-13-35(31,32)28(3)36(33,34)14-17)4-5-20(19)27-22(30)21-26-12-18(11-24)29(21)25/h4-6,10,12,17H,7-9,13-14,25H2,1-3H3,(H,27,30). The molecule has 0 atom stereocenters. The Labute approximate surface area is 210 Å². The molecule has 2 aliphatic rings. The van der Waals surface area contributed by atoms with Gasteiger partial charge in [0.2, 0.25) is 25.9 Å². The molecule has 2 aromatic rings. The first-order chi connectivity index (χ1) is 16.7. The first-order valence-corrected chi connectivity index (χ1v) is 14.5. The smallest absolute Gasteiger partial charge is 0.293 e. The van der Waals surface area contributed by atoms with Gasteiger partial charge in [-0.2, -0.15) is 5.26 Å². The number of hydrogen-bond donors (Lipinski definition) is 2. The minimum absolute atomic E-state index is 0.0256. The molecule has 3 N–H and O–H groups in total. The summed E-state index contributed by atoms with van der Waals surface area (Å²) in [6.07, 6.45) is 5.75.